The third-order valence-corrected chi connectivity index (χ3v) is 15.1. The lowest BCUT2D eigenvalue weighted by molar-refractivity contribution is -0.274. The molecule has 0 unspecified atom stereocenters. The monoisotopic (exact) mass is 972 g/mol. The molecule has 1 saturated carbocycles. The number of anilines is 1. The van der Waals surface area contributed by atoms with Crippen LogP contribution >= 0.6 is 22.9 Å². The smallest absolute Gasteiger partial charge is 0.508 e. The number of phenolic OH excluding ortho intramolecular Hbond substituents is 1. The number of alkyl halides is 3. The van der Waals surface area contributed by atoms with Crippen LogP contribution in [0.1, 0.15) is 42.1 Å². The van der Waals surface area contributed by atoms with E-state index in [1.165, 1.54) is 51.1 Å². The molecule has 1 aliphatic carbocycles. The molecule has 2 aliphatic heterocycles. The number of hydrogen-bond donors (Lipinski definition) is 1. The summed E-state index contributed by atoms with van der Waals surface area (Å²) in [6.45, 7) is 2.93. The van der Waals surface area contributed by atoms with Gasteiger partial charge in [-0.25, -0.2) is 33.4 Å². The van der Waals surface area contributed by atoms with E-state index >= 15 is 9.59 Å². The van der Waals surface area contributed by atoms with E-state index in [1.807, 2.05) is 19.1 Å². The van der Waals surface area contributed by atoms with Gasteiger partial charge in [-0.2, -0.15) is 5.10 Å². The number of nitrogens with zero attached hydrogens (tertiary/aromatic N) is 8. The average molecular weight is 973 g/mol. The van der Waals surface area contributed by atoms with Crippen LogP contribution < -0.4 is 36.0 Å². The van der Waals surface area contributed by atoms with Crippen molar-refractivity contribution in [3.63, 3.8) is 0 Å². The molecule has 1 N–H and O–H groups in total. The molecule has 0 spiro atoms. The van der Waals surface area contributed by atoms with Crippen LogP contribution in [0, 0.1) is 18.3 Å². The highest BCUT2D eigenvalue weighted by atomic mass is 35.5. The van der Waals surface area contributed by atoms with Crippen LogP contribution in [0.2, 0.25) is 5.02 Å². The molecule has 4 aromatic heterocycles. The third kappa shape index (κ3) is 6.67. The maximum Gasteiger partial charge on any atom is 0.573 e. The summed E-state index contributed by atoms with van der Waals surface area (Å²) in [5, 5.41) is 17.7. The molecule has 3 aromatic carbocycles. The maximum absolute atomic E-state index is 15.2. The number of imide groups is 1. The fourth-order valence-electron chi connectivity index (χ4n) is 10.3. The standard InChI is InChI=1S/C46H40ClF3N8O9S/c1-21-25-15-22(47)7-10-36(25)68-39(21)30-19-37(54(4)52-30)57-40(60)27-17-31-24(38(45(27,2)42(57)62)26-16-23(8-9-33(26)59)67-46(48,49)50)11-14-56-43(63)55(44(64)58(31)56)13-12-28-41(61)53(3)32-20-35(66-6)34(65-5)18-29(32)51-28/h7-11,15-16,18-20,27,31,38,59H,12-14,17H2,1-6H3/t27-,31+,38+,45+/m0/s1. The normalized spacial score (nSPS) is 20.2. The molecule has 10 rings (SSSR count). The average Bonchev–Trinajstić information content (AvgIpc) is 3.97. The van der Waals surface area contributed by atoms with Gasteiger partial charge < -0.3 is 23.9 Å². The first-order valence-electron chi connectivity index (χ1n) is 21.2. The number of ether oxygens (including phenoxy) is 3. The number of fused-ring (bicyclic) bond motifs is 6. The maximum atomic E-state index is 15.2. The Morgan fingerprint density at radius 2 is 1.71 bits per heavy atom. The number of methoxy groups -OCH3 is 2. The largest absolute Gasteiger partial charge is 0.573 e. The van der Waals surface area contributed by atoms with E-state index in [4.69, 9.17) is 26.2 Å². The Bertz CT molecular complexity index is 3550. The Kier molecular flexibility index (Phi) is 10.3. The first-order valence-corrected chi connectivity index (χ1v) is 22.4. The van der Waals surface area contributed by atoms with Gasteiger partial charge in [-0.15, -0.1) is 24.5 Å². The number of thiophene rings is 1. The molecule has 4 atom stereocenters. The van der Waals surface area contributed by atoms with Crippen molar-refractivity contribution in [2.24, 2.45) is 25.4 Å². The Labute approximate surface area is 391 Å². The van der Waals surface area contributed by atoms with Gasteiger partial charge in [0.1, 0.15) is 28.7 Å². The van der Waals surface area contributed by atoms with Gasteiger partial charge >= 0.3 is 17.7 Å². The van der Waals surface area contributed by atoms with E-state index < -0.39 is 69.9 Å². The van der Waals surface area contributed by atoms with E-state index in [-0.39, 0.29) is 43.0 Å². The first kappa shape index (κ1) is 44.7. The van der Waals surface area contributed by atoms with Gasteiger partial charge in [0.2, 0.25) is 11.8 Å². The van der Waals surface area contributed by atoms with Crippen molar-refractivity contribution < 1.29 is 42.1 Å². The van der Waals surface area contributed by atoms with Crippen LogP contribution in [0.4, 0.5) is 19.0 Å². The van der Waals surface area contributed by atoms with E-state index in [0.717, 1.165) is 48.2 Å². The second-order valence-electron chi connectivity index (χ2n) is 17.2. The number of rotatable bonds is 9. The van der Waals surface area contributed by atoms with Gasteiger partial charge in [0.25, 0.3) is 5.56 Å². The molecule has 0 bridgehead atoms. The van der Waals surface area contributed by atoms with Crippen molar-refractivity contribution in [1.82, 2.24) is 33.3 Å². The summed E-state index contributed by atoms with van der Waals surface area (Å²) < 4.78 is 63.1. The number of benzene rings is 3. The molecule has 6 heterocycles. The number of carbonyl (C=O) groups excluding carboxylic acids is 2. The molecule has 22 heteroatoms. The van der Waals surface area contributed by atoms with Crippen LogP contribution in [-0.2, 0) is 43.2 Å². The molecule has 0 radical (unpaired) electrons. The van der Waals surface area contributed by atoms with E-state index in [1.54, 1.807) is 44.4 Å². The summed E-state index contributed by atoms with van der Waals surface area (Å²) in [6, 6.07) is 12.1. The molecule has 17 nitrogen and oxygen atoms in total. The van der Waals surface area contributed by atoms with Gasteiger partial charge in [0.05, 0.1) is 54.0 Å². The van der Waals surface area contributed by atoms with Gasteiger partial charge in [-0.1, -0.05) is 17.7 Å². The van der Waals surface area contributed by atoms with E-state index in [0.29, 0.717) is 38.8 Å². The van der Waals surface area contributed by atoms with Gasteiger partial charge in [-0.05, 0) is 73.2 Å². The summed E-state index contributed by atoms with van der Waals surface area (Å²) in [4.78, 5) is 79.0. The third-order valence-electron chi connectivity index (χ3n) is 13.6. The highest BCUT2D eigenvalue weighted by Crippen LogP contribution is 2.62. The van der Waals surface area contributed by atoms with Crippen molar-refractivity contribution in [2.75, 3.05) is 19.1 Å². The Morgan fingerprint density at radius 3 is 2.43 bits per heavy atom. The lowest BCUT2D eigenvalue weighted by atomic mass is 9.56. The van der Waals surface area contributed by atoms with Gasteiger partial charge in [0, 0.05) is 66.5 Å². The van der Waals surface area contributed by atoms with Crippen molar-refractivity contribution in [1.29, 1.82) is 0 Å². The summed E-state index contributed by atoms with van der Waals surface area (Å²) in [5.74, 6) is -4.31. The van der Waals surface area contributed by atoms with Crippen molar-refractivity contribution in [3.05, 3.63) is 119 Å². The van der Waals surface area contributed by atoms with Crippen molar-refractivity contribution >= 4 is 61.7 Å². The quantitative estimate of drug-likeness (QED) is 0.125. The van der Waals surface area contributed by atoms with Crippen LogP contribution in [0.5, 0.6) is 23.0 Å². The van der Waals surface area contributed by atoms with E-state index in [9.17, 15) is 32.7 Å². The number of aromatic hydroxyl groups is 1. The van der Waals surface area contributed by atoms with Crippen LogP contribution in [0.15, 0.2) is 80.6 Å². The lowest BCUT2D eigenvalue weighted by Crippen LogP contribution is -2.49. The zero-order chi connectivity index (χ0) is 48.5. The highest BCUT2D eigenvalue weighted by molar-refractivity contribution is 7.22. The summed E-state index contributed by atoms with van der Waals surface area (Å²) >= 11 is 7.76. The number of amides is 2. The van der Waals surface area contributed by atoms with Crippen molar-refractivity contribution in [3.8, 4) is 33.6 Å². The number of aromatic nitrogens is 7. The summed E-state index contributed by atoms with van der Waals surface area (Å²) in [5.41, 5.74) is -1.40. The predicted octanol–water partition coefficient (Wildman–Crippen LogP) is 6.36. The number of aryl methyl sites for hydroxylation is 4. The Balaban J connectivity index is 1.07. The lowest BCUT2D eigenvalue weighted by Gasteiger charge is -2.47. The molecule has 352 valence electrons. The fraction of sp³-hybridized carbons (Fsp3) is 0.326. The number of halogens is 4. The molecular formula is C46H40ClF3N8O9S. The second-order valence-corrected chi connectivity index (χ2v) is 18.7. The molecule has 2 fully saturated rings. The zero-order valence-corrected chi connectivity index (χ0v) is 38.6. The van der Waals surface area contributed by atoms with Crippen LogP contribution in [0.25, 0.3) is 31.7 Å². The number of carbonyl (C=O) groups is 2. The SMILES string of the molecule is COc1cc2nc(CCn3c(=O)n4n(c3=O)[C@@H]3C[C@H]5C(=O)N(c6cc(-c7sc8ccc(Cl)cc8c7C)nn6C)C(=O)[C@@]5(C)[C@@H](c5cc(OC(F)(F)F)ccc5O)C3=CC4)c(=O)n(C)c2cc1OC. The van der Waals surface area contributed by atoms with Crippen LogP contribution in [0.3, 0.4) is 0 Å². The predicted molar refractivity (Wildman–Crippen MR) is 244 cm³/mol. The minimum atomic E-state index is -5.12. The summed E-state index contributed by atoms with van der Waals surface area (Å²) in [7, 11) is 6.04. The van der Waals surface area contributed by atoms with Crippen molar-refractivity contribution in [2.45, 2.75) is 58.1 Å². The topological polar surface area (TPSA) is 187 Å². The summed E-state index contributed by atoms with van der Waals surface area (Å²) in [6.07, 6.45) is -3.86. The fourth-order valence-corrected chi connectivity index (χ4v) is 11.7. The molecule has 68 heavy (non-hydrogen) atoms. The number of hydrogen-bond acceptors (Lipinski definition) is 12. The molecule has 2 amide bonds. The number of phenols is 1. The van der Waals surface area contributed by atoms with Gasteiger partial charge in [-0.3, -0.25) is 19.1 Å². The minimum Gasteiger partial charge on any atom is -0.508 e. The zero-order valence-electron chi connectivity index (χ0n) is 37.0. The second kappa shape index (κ2) is 15.7. The molecule has 1 saturated heterocycles. The van der Waals surface area contributed by atoms with Crippen LogP contribution in [-0.4, -0.2) is 70.8 Å². The molecule has 7 aromatic rings. The van der Waals surface area contributed by atoms with Gasteiger partial charge in [0.15, 0.2) is 11.5 Å². The molecule has 3 aliphatic rings. The molecular weight excluding hydrogens is 933 g/mol. The Morgan fingerprint density at radius 1 is 0.971 bits per heavy atom. The minimum absolute atomic E-state index is 0.0526. The first-order chi connectivity index (χ1) is 32.2. The highest BCUT2D eigenvalue weighted by Gasteiger charge is 2.66. The number of allylic oxidation sites excluding steroid dienone is 2. The van der Waals surface area contributed by atoms with E-state index in [2.05, 4.69) is 9.72 Å². The Hall–Kier alpha value is -7.13.